The zero-order chi connectivity index (χ0) is 12.3. The van der Waals surface area contributed by atoms with Gasteiger partial charge >= 0.3 is 0 Å². The van der Waals surface area contributed by atoms with Gasteiger partial charge in [-0.05, 0) is 43.4 Å². The van der Waals surface area contributed by atoms with Crippen molar-refractivity contribution in [3.8, 4) is 0 Å². The molecule has 2 nitrogen and oxygen atoms in total. The van der Waals surface area contributed by atoms with E-state index in [-0.39, 0.29) is 5.92 Å². The van der Waals surface area contributed by atoms with E-state index in [4.69, 9.17) is 0 Å². The molecule has 0 saturated heterocycles. The van der Waals surface area contributed by atoms with Crippen LogP contribution in [-0.4, -0.2) is 22.4 Å². The molecule has 3 unspecified atom stereocenters. The summed E-state index contributed by atoms with van der Waals surface area (Å²) < 4.78 is 1.10. The van der Waals surface area contributed by atoms with Crippen LogP contribution in [0.3, 0.4) is 0 Å². The lowest BCUT2D eigenvalue weighted by atomic mass is 9.92. The second-order valence-electron chi connectivity index (χ2n) is 4.45. The van der Waals surface area contributed by atoms with Crippen molar-refractivity contribution < 1.29 is 10.2 Å². The van der Waals surface area contributed by atoms with Crippen LogP contribution in [0.4, 0.5) is 0 Å². The van der Waals surface area contributed by atoms with Gasteiger partial charge in [-0.2, -0.15) is 0 Å². The van der Waals surface area contributed by atoms with E-state index >= 15 is 0 Å². The van der Waals surface area contributed by atoms with Crippen molar-refractivity contribution in [1.82, 2.24) is 0 Å². The molecule has 90 valence electrons. The van der Waals surface area contributed by atoms with Crippen molar-refractivity contribution in [2.75, 3.05) is 0 Å². The Labute approximate surface area is 105 Å². The smallest absolute Gasteiger partial charge is 0.0802 e. The molecule has 1 aromatic rings. The summed E-state index contributed by atoms with van der Waals surface area (Å²) in [7, 11) is 0. The Morgan fingerprint density at radius 1 is 1.25 bits per heavy atom. The molecule has 0 aliphatic rings. The zero-order valence-corrected chi connectivity index (χ0v) is 11.5. The lowest BCUT2D eigenvalue weighted by Gasteiger charge is -2.19. The molecule has 1 aromatic carbocycles. The minimum atomic E-state index is -0.668. The van der Waals surface area contributed by atoms with Gasteiger partial charge in [-0.1, -0.05) is 35.0 Å². The quantitative estimate of drug-likeness (QED) is 0.893. The van der Waals surface area contributed by atoms with E-state index in [2.05, 4.69) is 35.0 Å². The maximum atomic E-state index is 9.62. The Balaban J connectivity index is 2.73. The minimum absolute atomic E-state index is 0.247. The third-order valence-corrected chi connectivity index (χ3v) is 3.79. The largest absolute Gasteiger partial charge is 0.391 e. The molecular weight excluding hydrogens is 268 g/mol. The Morgan fingerprint density at radius 3 is 2.38 bits per heavy atom. The molecule has 0 radical (unpaired) electrons. The second-order valence-corrected chi connectivity index (χ2v) is 5.31. The number of aliphatic hydroxyl groups excluding tert-OH is 2. The van der Waals surface area contributed by atoms with Crippen molar-refractivity contribution in [2.24, 2.45) is 0 Å². The summed E-state index contributed by atoms with van der Waals surface area (Å²) in [6.07, 6.45) is -0.739. The standard InChI is InChI=1S/C13H19BrO2/c1-8(7-13(16)10(3)15)11-4-5-12(14)9(2)6-11/h4-6,8,10,13,15-16H,7H2,1-3H3. The maximum Gasteiger partial charge on any atom is 0.0802 e. The Bertz CT molecular complexity index is 350. The number of hydrogen-bond acceptors (Lipinski definition) is 2. The van der Waals surface area contributed by atoms with E-state index in [1.165, 1.54) is 11.1 Å². The van der Waals surface area contributed by atoms with Crippen LogP contribution in [0.25, 0.3) is 0 Å². The number of hydrogen-bond donors (Lipinski definition) is 2. The molecule has 0 fully saturated rings. The van der Waals surface area contributed by atoms with Gasteiger partial charge in [-0.15, -0.1) is 0 Å². The number of benzene rings is 1. The van der Waals surface area contributed by atoms with E-state index in [9.17, 15) is 10.2 Å². The molecule has 0 bridgehead atoms. The highest BCUT2D eigenvalue weighted by molar-refractivity contribution is 9.10. The molecule has 3 heteroatoms. The fraction of sp³-hybridized carbons (Fsp3) is 0.538. The van der Waals surface area contributed by atoms with Gasteiger partial charge in [0.2, 0.25) is 0 Å². The SMILES string of the molecule is Cc1cc(C(C)CC(O)C(C)O)ccc1Br. The molecule has 1 rings (SSSR count). The van der Waals surface area contributed by atoms with Gasteiger partial charge in [0, 0.05) is 4.47 Å². The molecular formula is C13H19BrO2. The zero-order valence-electron chi connectivity index (χ0n) is 9.94. The average Bonchev–Trinajstić information content (AvgIpc) is 2.21. The Morgan fingerprint density at radius 2 is 1.88 bits per heavy atom. The van der Waals surface area contributed by atoms with Gasteiger partial charge in [0.1, 0.15) is 0 Å². The van der Waals surface area contributed by atoms with Crippen LogP contribution in [0.15, 0.2) is 22.7 Å². The van der Waals surface area contributed by atoms with Crippen molar-refractivity contribution >= 4 is 15.9 Å². The number of rotatable bonds is 4. The van der Waals surface area contributed by atoms with Gasteiger partial charge in [-0.25, -0.2) is 0 Å². The van der Waals surface area contributed by atoms with Crippen LogP contribution in [0.1, 0.15) is 37.3 Å². The summed E-state index contributed by atoms with van der Waals surface area (Å²) >= 11 is 3.46. The van der Waals surface area contributed by atoms with Crippen LogP contribution in [0.2, 0.25) is 0 Å². The summed E-state index contributed by atoms with van der Waals surface area (Å²) in [5.74, 6) is 0.247. The third kappa shape index (κ3) is 3.58. The summed E-state index contributed by atoms with van der Waals surface area (Å²) in [5.41, 5.74) is 2.39. The highest BCUT2D eigenvalue weighted by atomic mass is 79.9. The third-order valence-electron chi connectivity index (χ3n) is 2.90. The summed E-state index contributed by atoms with van der Waals surface area (Å²) in [5, 5.41) is 18.9. The van der Waals surface area contributed by atoms with E-state index in [0.717, 1.165) is 4.47 Å². The van der Waals surface area contributed by atoms with Crippen LogP contribution in [0.5, 0.6) is 0 Å². The van der Waals surface area contributed by atoms with Gasteiger partial charge < -0.3 is 10.2 Å². The van der Waals surface area contributed by atoms with E-state index in [0.29, 0.717) is 6.42 Å². The van der Waals surface area contributed by atoms with Crippen molar-refractivity contribution in [1.29, 1.82) is 0 Å². The first-order valence-corrected chi connectivity index (χ1v) is 6.33. The lowest BCUT2D eigenvalue weighted by Crippen LogP contribution is -2.24. The number of aliphatic hydroxyl groups is 2. The van der Waals surface area contributed by atoms with Crippen molar-refractivity contribution in [3.63, 3.8) is 0 Å². The molecule has 0 aromatic heterocycles. The van der Waals surface area contributed by atoms with Crippen molar-refractivity contribution in [3.05, 3.63) is 33.8 Å². The molecule has 2 N–H and O–H groups in total. The summed E-state index contributed by atoms with van der Waals surface area (Å²) in [4.78, 5) is 0. The molecule has 0 saturated carbocycles. The first-order valence-electron chi connectivity index (χ1n) is 5.54. The fourth-order valence-electron chi connectivity index (χ4n) is 1.67. The van der Waals surface area contributed by atoms with E-state index in [1.807, 2.05) is 13.0 Å². The van der Waals surface area contributed by atoms with Gasteiger partial charge in [0.05, 0.1) is 12.2 Å². The molecule has 0 amide bonds. The van der Waals surface area contributed by atoms with E-state index in [1.54, 1.807) is 6.92 Å². The number of halogens is 1. The molecule has 16 heavy (non-hydrogen) atoms. The Kier molecular flexibility index (Phi) is 4.96. The molecule has 0 aliphatic heterocycles. The van der Waals surface area contributed by atoms with Crippen LogP contribution in [-0.2, 0) is 0 Å². The predicted molar refractivity (Wildman–Crippen MR) is 69.6 cm³/mol. The topological polar surface area (TPSA) is 40.5 Å². The first kappa shape index (κ1) is 13.7. The summed E-state index contributed by atoms with van der Waals surface area (Å²) in [6, 6.07) is 6.19. The molecule has 0 heterocycles. The normalized spacial score (nSPS) is 16.9. The predicted octanol–water partition coefficient (Wildman–Crippen LogP) is 2.99. The lowest BCUT2D eigenvalue weighted by molar-refractivity contribution is 0.0227. The van der Waals surface area contributed by atoms with Crippen LogP contribution >= 0.6 is 15.9 Å². The monoisotopic (exact) mass is 286 g/mol. The summed E-state index contributed by atoms with van der Waals surface area (Å²) in [6.45, 7) is 5.73. The molecule has 0 aliphatic carbocycles. The average molecular weight is 287 g/mol. The molecule has 0 spiro atoms. The van der Waals surface area contributed by atoms with Gasteiger partial charge in [0.25, 0.3) is 0 Å². The van der Waals surface area contributed by atoms with E-state index < -0.39 is 12.2 Å². The maximum absolute atomic E-state index is 9.62. The van der Waals surface area contributed by atoms with Crippen LogP contribution in [0, 0.1) is 6.92 Å². The highest BCUT2D eigenvalue weighted by Gasteiger charge is 2.16. The fourth-order valence-corrected chi connectivity index (χ4v) is 1.92. The highest BCUT2D eigenvalue weighted by Crippen LogP contribution is 2.25. The molecule has 3 atom stereocenters. The number of aryl methyl sites for hydroxylation is 1. The van der Waals surface area contributed by atoms with Gasteiger partial charge in [-0.3, -0.25) is 0 Å². The minimum Gasteiger partial charge on any atom is -0.391 e. The van der Waals surface area contributed by atoms with Crippen molar-refractivity contribution in [2.45, 2.75) is 45.3 Å². The first-order chi connectivity index (χ1) is 7.41. The van der Waals surface area contributed by atoms with Gasteiger partial charge in [0.15, 0.2) is 0 Å². The second kappa shape index (κ2) is 5.80. The van der Waals surface area contributed by atoms with Crippen LogP contribution < -0.4 is 0 Å². The Hall–Kier alpha value is -0.380.